The van der Waals surface area contributed by atoms with E-state index in [0.29, 0.717) is 18.4 Å². The van der Waals surface area contributed by atoms with Crippen molar-refractivity contribution in [3.63, 3.8) is 0 Å². The summed E-state index contributed by atoms with van der Waals surface area (Å²) in [7, 11) is 0. The first-order chi connectivity index (χ1) is 19.3. The van der Waals surface area contributed by atoms with Crippen LogP contribution < -0.4 is 0 Å². The molecule has 4 heteroatoms. The van der Waals surface area contributed by atoms with Crippen molar-refractivity contribution in [1.82, 2.24) is 5.16 Å². The van der Waals surface area contributed by atoms with Gasteiger partial charge in [-0.2, -0.15) is 0 Å². The van der Waals surface area contributed by atoms with E-state index >= 15 is 0 Å². The Labute approximate surface area is 238 Å². The minimum atomic E-state index is -0.442. The number of aryl methyl sites for hydroxylation is 1. The van der Waals surface area contributed by atoms with Gasteiger partial charge in [0.05, 0.1) is 17.7 Å². The lowest BCUT2D eigenvalue weighted by Gasteiger charge is -2.14. The van der Waals surface area contributed by atoms with Crippen LogP contribution in [-0.4, -0.2) is 17.7 Å². The highest BCUT2D eigenvalue weighted by molar-refractivity contribution is 5.87. The molecule has 1 aromatic heterocycles. The Hall–Kier alpha value is -3.92. The van der Waals surface area contributed by atoms with Crippen molar-refractivity contribution in [3.8, 4) is 22.5 Å². The van der Waals surface area contributed by atoms with Crippen LogP contribution in [0, 0.1) is 12.8 Å². The average Bonchev–Trinajstić information content (AvgIpc) is 3.70. The van der Waals surface area contributed by atoms with Gasteiger partial charge in [0.2, 0.25) is 0 Å². The van der Waals surface area contributed by atoms with Crippen LogP contribution in [0.4, 0.5) is 0 Å². The molecule has 0 N–H and O–H groups in total. The summed E-state index contributed by atoms with van der Waals surface area (Å²) in [6.45, 7) is 11.0. The highest BCUT2D eigenvalue weighted by atomic mass is 16.5. The maximum Gasteiger partial charge on any atom is 0.316 e. The van der Waals surface area contributed by atoms with Gasteiger partial charge in [-0.3, -0.25) is 4.79 Å². The van der Waals surface area contributed by atoms with Crippen LogP contribution in [0.25, 0.3) is 28.5 Å². The monoisotopic (exact) mass is 533 g/mol. The smallest absolute Gasteiger partial charge is 0.316 e. The lowest BCUT2D eigenvalue weighted by atomic mass is 9.93. The van der Waals surface area contributed by atoms with Crippen molar-refractivity contribution < 1.29 is 14.1 Å². The molecule has 206 valence electrons. The van der Waals surface area contributed by atoms with Crippen LogP contribution in [0.5, 0.6) is 0 Å². The van der Waals surface area contributed by atoms with Gasteiger partial charge >= 0.3 is 5.97 Å². The Morgan fingerprint density at radius 1 is 0.925 bits per heavy atom. The molecule has 1 saturated carbocycles. The van der Waals surface area contributed by atoms with Crippen molar-refractivity contribution in [1.29, 1.82) is 0 Å². The molecule has 1 fully saturated rings. The number of ether oxygens (including phenoxy) is 1. The topological polar surface area (TPSA) is 52.3 Å². The SMILES string of the molecule is CCOC(=O)C1(c2ccc(-c3ccc(-c4onc(C)c4/C=C/C(C)Cc4ccc(C(C)C)cc4)cc3)cc2)CC1. The molecule has 5 rings (SSSR count). The largest absolute Gasteiger partial charge is 0.465 e. The number of nitrogens with zero attached hydrogens (tertiary/aromatic N) is 1. The molecule has 0 amide bonds. The van der Waals surface area contributed by atoms with E-state index < -0.39 is 5.41 Å². The van der Waals surface area contributed by atoms with Crippen molar-refractivity contribution >= 4 is 12.0 Å². The third-order valence-corrected chi connectivity index (χ3v) is 8.04. The van der Waals surface area contributed by atoms with E-state index in [9.17, 15) is 4.79 Å². The normalized spacial score (nSPS) is 14.9. The highest BCUT2D eigenvalue weighted by Gasteiger charge is 2.52. The van der Waals surface area contributed by atoms with Crippen LogP contribution in [-0.2, 0) is 21.4 Å². The number of carbonyl (C=O) groups excluding carboxylic acids is 1. The number of rotatable bonds is 10. The third kappa shape index (κ3) is 5.82. The highest BCUT2D eigenvalue weighted by Crippen LogP contribution is 2.49. The molecule has 0 radical (unpaired) electrons. The first kappa shape index (κ1) is 27.6. The summed E-state index contributed by atoms with van der Waals surface area (Å²) < 4.78 is 11.1. The number of carbonyl (C=O) groups is 1. The summed E-state index contributed by atoms with van der Waals surface area (Å²) in [6.07, 6.45) is 7.11. The maximum absolute atomic E-state index is 12.4. The van der Waals surface area contributed by atoms with E-state index in [1.54, 1.807) is 0 Å². The molecule has 1 unspecified atom stereocenters. The van der Waals surface area contributed by atoms with Gasteiger partial charge in [-0.1, -0.05) is 111 Å². The van der Waals surface area contributed by atoms with Crippen LogP contribution >= 0.6 is 0 Å². The zero-order valence-corrected chi connectivity index (χ0v) is 24.2. The number of aromatic nitrogens is 1. The number of hydrogen-bond acceptors (Lipinski definition) is 4. The van der Waals surface area contributed by atoms with E-state index in [4.69, 9.17) is 9.26 Å². The standard InChI is InChI=1S/C36H39NO3/c1-6-39-35(38)36(21-22-36)32-18-16-30(17-19-32)29-12-14-31(15-13-29)34-33(26(5)37-40-34)20-7-25(4)23-27-8-10-28(11-9-27)24(2)3/h7-20,24-25H,6,21-23H2,1-5H3/b20-7+. The molecule has 0 aliphatic heterocycles. The Morgan fingerprint density at radius 2 is 1.52 bits per heavy atom. The van der Waals surface area contributed by atoms with Crippen molar-refractivity contribution in [2.45, 2.75) is 65.2 Å². The van der Waals surface area contributed by atoms with Gasteiger partial charge in [-0.05, 0) is 72.8 Å². The summed E-state index contributed by atoms with van der Waals surface area (Å²) in [5, 5.41) is 4.26. The molecule has 0 saturated heterocycles. The Balaban J connectivity index is 1.28. The predicted octanol–water partition coefficient (Wildman–Crippen LogP) is 8.93. The first-order valence-electron chi connectivity index (χ1n) is 14.4. The minimum absolute atomic E-state index is 0.103. The van der Waals surface area contributed by atoms with Crippen LogP contribution in [0.2, 0.25) is 0 Å². The van der Waals surface area contributed by atoms with Crippen molar-refractivity contribution in [3.05, 3.63) is 107 Å². The molecule has 0 spiro atoms. The molecule has 1 atom stereocenters. The quantitative estimate of drug-likeness (QED) is 0.191. The van der Waals surface area contributed by atoms with E-state index in [2.05, 4.69) is 111 Å². The van der Waals surface area contributed by atoms with Crippen molar-refractivity contribution in [2.24, 2.45) is 5.92 Å². The number of hydrogen-bond donors (Lipinski definition) is 0. The zero-order valence-electron chi connectivity index (χ0n) is 24.2. The van der Waals surface area contributed by atoms with Crippen LogP contribution in [0.15, 0.2) is 83.4 Å². The second-order valence-electron chi connectivity index (χ2n) is 11.4. The minimum Gasteiger partial charge on any atom is -0.465 e. The van der Waals surface area contributed by atoms with Gasteiger partial charge in [-0.25, -0.2) is 0 Å². The molecule has 4 aromatic rings. The summed E-state index contributed by atoms with van der Waals surface area (Å²) in [5.41, 5.74) is 8.45. The molecule has 4 nitrogen and oxygen atoms in total. The molecule has 1 heterocycles. The van der Waals surface area contributed by atoms with Gasteiger partial charge in [-0.15, -0.1) is 0 Å². The maximum atomic E-state index is 12.4. The van der Waals surface area contributed by atoms with Gasteiger partial charge in [0.25, 0.3) is 0 Å². The van der Waals surface area contributed by atoms with Gasteiger partial charge in [0, 0.05) is 11.1 Å². The predicted molar refractivity (Wildman–Crippen MR) is 162 cm³/mol. The zero-order chi connectivity index (χ0) is 28.3. The molecule has 3 aromatic carbocycles. The number of esters is 1. The summed E-state index contributed by atoms with van der Waals surface area (Å²) in [5.74, 6) is 1.62. The second-order valence-corrected chi connectivity index (χ2v) is 11.4. The molecular weight excluding hydrogens is 494 g/mol. The Kier molecular flexibility index (Phi) is 8.07. The van der Waals surface area contributed by atoms with E-state index in [-0.39, 0.29) is 5.97 Å². The van der Waals surface area contributed by atoms with Gasteiger partial charge < -0.3 is 9.26 Å². The molecule has 0 bridgehead atoms. The Morgan fingerprint density at radius 3 is 2.10 bits per heavy atom. The third-order valence-electron chi connectivity index (χ3n) is 8.04. The number of benzene rings is 3. The summed E-state index contributed by atoms with van der Waals surface area (Å²) in [4.78, 5) is 12.4. The molecular formula is C36H39NO3. The van der Waals surface area contributed by atoms with Gasteiger partial charge in [0.1, 0.15) is 0 Å². The lowest BCUT2D eigenvalue weighted by molar-refractivity contribution is -0.146. The fourth-order valence-electron chi connectivity index (χ4n) is 5.32. The van der Waals surface area contributed by atoms with E-state index in [0.717, 1.165) is 58.5 Å². The van der Waals surface area contributed by atoms with Crippen LogP contribution in [0.3, 0.4) is 0 Å². The summed E-state index contributed by atoms with van der Waals surface area (Å²) >= 11 is 0. The molecule has 40 heavy (non-hydrogen) atoms. The van der Waals surface area contributed by atoms with Gasteiger partial charge in [0.15, 0.2) is 5.76 Å². The van der Waals surface area contributed by atoms with E-state index in [1.165, 1.54) is 11.1 Å². The molecule has 1 aliphatic carbocycles. The lowest BCUT2D eigenvalue weighted by Crippen LogP contribution is -2.23. The fourth-order valence-corrected chi connectivity index (χ4v) is 5.32. The van der Waals surface area contributed by atoms with E-state index in [1.807, 2.05) is 13.8 Å². The second kappa shape index (κ2) is 11.7. The number of allylic oxidation sites excluding steroid dienone is 1. The molecule has 1 aliphatic rings. The average molecular weight is 534 g/mol. The van der Waals surface area contributed by atoms with Crippen LogP contribution in [0.1, 0.15) is 74.4 Å². The fraction of sp³-hybridized carbons (Fsp3) is 0.333. The summed E-state index contributed by atoms with van der Waals surface area (Å²) in [6, 6.07) is 25.7. The van der Waals surface area contributed by atoms with Crippen molar-refractivity contribution in [2.75, 3.05) is 6.61 Å². The Bertz CT molecular complexity index is 1470. The first-order valence-corrected chi connectivity index (χ1v) is 14.4.